The largest absolute Gasteiger partial charge is 0.387 e. The maximum atomic E-state index is 10.8. The van der Waals surface area contributed by atoms with Crippen LogP contribution in [0.2, 0.25) is 0 Å². The van der Waals surface area contributed by atoms with Gasteiger partial charge in [0.2, 0.25) is 0 Å². The number of rotatable bonds is 1. The molecule has 5 heteroatoms. The summed E-state index contributed by atoms with van der Waals surface area (Å²) < 4.78 is 21.6. The number of nitrogens with one attached hydrogen (secondary N) is 1. The monoisotopic (exact) mass is 162 g/mol. The average molecular weight is 162 g/mol. The van der Waals surface area contributed by atoms with Gasteiger partial charge in [-0.2, -0.15) is 0 Å². The van der Waals surface area contributed by atoms with Crippen LogP contribution >= 0.6 is 0 Å². The van der Waals surface area contributed by atoms with Crippen molar-refractivity contribution in [2.75, 3.05) is 11.5 Å². The average Bonchev–Trinajstić information content (AvgIpc) is 2.10. The topological polar surface area (TPSA) is 84.0 Å². The first kappa shape index (κ1) is 7.53. The molecule has 4 nitrogen and oxygen atoms in total. The molecule has 0 saturated carbocycles. The predicted octanol–water partition coefficient (Wildman–Crippen LogP) is -0.643. The van der Waals surface area contributed by atoms with Crippen molar-refractivity contribution in [2.45, 2.75) is 6.42 Å². The van der Waals surface area contributed by atoms with E-state index in [1.807, 2.05) is 0 Å². The van der Waals surface area contributed by atoms with E-state index in [2.05, 4.69) is 0 Å². The van der Waals surface area contributed by atoms with E-state index in [0.29, 0.717) is 6.42 Å². The zero-order valence-electron chi connectivity index (χ0n) is 5.50. The molecular formula is C5H10N2O2S. The molecule has 1 aliphatic rings. The van der Waals surface area contributed by atoms with E-state index in [4.69, 9.17) is 11.1 Å². The molecule has 1 rings (SSSR count). The molecule has 1 heterocycles. The second kappa shape index (κ2) is 2.23. The molecule has 1 atom stereocenters. The third-order valence-corrected chi connectivity index (χ3v) is 3.44. The first-order valence-electron chi connectivity index (χ1n) is 3.05. The maximum absolute atomic E-state index is 10.8. The van der Waals surface area contributed by atoms with Gasteiger partial charge in [-0.3, -0.25) is 5.41 Å². The van der Waals surface area contributed by atoms with E-state index in [-0.39, 0.29) is 23.3 Å². The molecule has 3 N–H and O–H groups in total. The molecule has 1 saturated heterocycles. The van der Waals surface area contributed by atoms with Gasteiger partial charge in [0.25, 0.3) is 0 Å². The van der Waals surface area contributed by atoms with Gasteiger partial charge in [0.05, 0.1) is 17.3 Å². The van der Waals surface area contributed by atoms with Crippen molar-refractivity contribution in [1.82, 2.24) is 0 Å². The normalized spacial score (nSPS) is 30.2. The van der Waals surface area contributed by atoms with E-state index < -0.39 is 9.84 Å². The summed E-state index contributed by atoms with van der Waals surface area (Å²) in [6.45, 7) is 0. The Hall–Kier alpha value is -0.580. The highest BCUT2D eigenvalue weighted by Crippen LogP contribution is 2.17. The van der Waals surface area contributed by atoms with Crippen molar-refractivity contribution in [3.05, 3.63) is 0 Å². The van der Waals surface area contributed by atoms with Crippen molar-refractivity contribution in [1.29, 1.82) is 5.41 Å². The van der Waals surface area contributed by atoms with Crippen LogP contribution in [0.25, 0.3) is 0 Å². The summed E-state index contributed by atoms with van der Waals surface area (Å²) in [5, 5.41) is 6.98. The number of hydrogen-bond donors (Lipinski definition) is 2. The van der Waals surface area contributed by atoms with Crippen molar-refractivity contribution < 1.29 is 8.42 Å². The Kier molecular flexibility index (Phi) is 1.68. The molecule has 58 valence electrons. The van der Waals surface area contributed by atoms with Gasteiger partial charge in [-0.25, -0.2) is 8.42 Å². The van der Waals surface area contributed by atoms with E-state index in [1.165, 1.54) is 0 Å². The Morgan fingerprint density at radius 3 is 2.40 bits per heavy atom. The fourth-order valence-electron chi connectivity index (χ4n) is 1.04. The molecule has 0 bridgehead atoms. The Morgan fingerprint density at radius 1 is 1.60 bits per heavy atom. The molecule has 0 aromatic carbocycles. The lowest BCUT2D eigenvalue weighted by Gasteiger charge is -2.01. The van der Waals surface area contributed by atoms with Crippen molar-refractivity contribution in [2.24, 2.45) is 11.7 Å². The maximum Gasteiger partial charge on any atom is 0.151 e. The fourth-order valence-corrected chi connectivity index (χ4v) is 2.81. The van der Waals surface area contributed by atoms with Gasteiger partial charge in [0.1, 0.15) is 0 Å². The van der Waals surface area contributed by atoms with Gasteiger partial charge in [0.15, 0.2) is 9.84 Å². The summed E-state index contributed by atoms with van der Waals surface area (Å²) in [7, 11) is -2.86. The standard InChI is InChI=1S/C5H10N2O2S/c6-5(7)4-1-2-10(8,9)3-4/h4H,1-3H2,(H3,6,7). The molecule has 0 aliphatic carbocycles. The molecule has 10 heavy (non-hydrogen) atoms. The second-order valence-electron chi connectivity index (χ2n) is 2.56. The fraction of sp³-hybridized carbons (Fsp3) is 0.800. The van der Waals surface area contributed by atoms with Gasteiger partial charge >= 0.3 is 0 Å². The van der Waals surface area contributed by atoms with E-state index in [0.717, 1.165) is 0 Å². The minimum Gasteiger partial charge on any atom is -0.387 e. The van der Waals surface area contributed by atoms with Crippen LogP contribution in [0.4, 0.5) is 0 Å². The first-order chi connectivity index (χ1) is 4.51. The van der Waals surface area contributed by atoms with Crippen molar-refractivity contribution in [3.8, 4) is 0 Å². The van der Waals surface area contributed by atoms with Gasteiger partial charge in [-0.15, -0.1) is 0 Å². The molecule has 0 aromatic heterocycles. The van der Waals surface area contributed by atoms with Crippen LogP contribution in [0.3, 0.4) is 0 Å². The molecule has 0 aromatic rings. The SMILES string of the molecule is N=C(N)C1CCS(=O)(=O)C1. The lowest BCUT2D eigenvalue weighted by molar-refractivity contribution is 0.601. The first-order valence-corrected chi connectivity index (χ1v) is 4.88. The quantitative estimate of drug-likeness (QED) is 0.397. The minimum atomic E-state index is -2.86. The van der Waals surface area contributed by atoms with Crippen LogP contribution in [0.1, 0.15) is 6.42 Å². The van der Waals surface area contributed by atoms with Crippen LogP contribution < -0.4 is 5.73 Å². The highest BCUT2D eigenvalue weighted by atomic mass is 32.2. The second-order valence-corrected chi connectivity index (χ2v) is 4.78. The summed E-state index contributed by atoms with van der Waals surface area (Å²) in [5.74, 6) is 0.0469. The van der Waals surface area contributed by atoms with Crippen molar-refractivity contribution >= 4 is 15.7 Å². The molecule has 0 amide bonds. The minimum absolute atomic E-state index is 0.000995. The van der Waals surface area contributed by atoms with E-state index in [9.17, 15) is 8.42 Å². The molecule has 1 unspecified atom stereocenters. The van der Waals surface area contributed by atoms with Crippen LogP contribution in [0.15, 0.2) is 0 Å². The highest BCUT2D eigenvalue weighted by Gasteiger charge is 2.29. The highest BCUT2D eigenvalue weighted by molar-refractivity contribution is 7.91. The summed E-state index contributed by atoms with van der Waals surface area (Å²) in [5.41, 5.74) is 5.14. The van der Waals surface area contributed by atoms with Gasteiger partial charge in [0, 0.05) is 5.92 Å². The smallest absolute Gasteiger partial charge is 0.151 e. The van der Waals surface area contributed by atoms with Gasteiger partial charge in [-0.1, -0.05) is 0 Å². The van der Waals surface area contributed by atoms with Crippen molar-refractivity contribution in [3.63, 3.8) is 0 Å². The Labute approximate surface area is 59.8 Å². The van der Waals surface area contributed by atoms with Gasteiger partial charge in [-0.05, 0) is 6.42 Å². The van der Waals surface area contributed by atoms with Crippen LogP contribution in [-0.4, -0.2) is 25.8 Å². The summed E-state index contributed by atoms with van der Waals surface area (Å²) in [4.78, 5) is 0. The summed E-state index contributed by atoms with van der Waals surface area (Å²) in [6.07, 6.45) is 0.525. The predicted molar refractivity (Wildman–Crippen MR) is 38.7 cm³/mol. The van der Waals surface area contributed by atoms with Crippen LogP contribution in [-0.2, 0) is 9.84 Å². The molecule has 1 aliphatic heterocycles. The molecule has 0 spiro atoms. The Bertz CT molecular complexity index is 244. The number of sulfone groups is 1. The molecule has 0 radical (unpaired) electrons. The van der Waals surface area contributed by atoms with Crippen LogP contribution in [0.5, 0.6) is 0 Å². The third kappa shape index (κ3) is 1.47. The zero-order valence-corrected chi connectivity index (χ0v) is 6.32. The van der Waals surface area contributed by atoms with Crippen LogP contribution in [0, 0.1) is 11.3 Å². The van der Waals surface area contributed by atoms with E-state index >= 15 is 0 Å². The third-order valence-electron chi connectivity index (χ3n) is 1.67. The lowest BCUT2D eigenvalue weighted by atomic mass is 10.1. The van der Waals surface area contributed by atoms with E-state index in [1.54, 1.807) is 0 Å². The van der Waals surface area contributed by atoms with Gasteiger partial charge < -0.3 is 5.73 Å². The summed E-state index contributed by atoms with van der Waals surface area (Å²) in [6, 6.07) is 0. The molecule has 1 fully saturated rings. The Balaban J connectivity index is 2.69. The zero-order chi connectivity index (χ0) is 7.78. The Morgan fingerprint density at radius 2 is 2.20 bits per heavy atom. The number of amidine groups is 1. The molecular weight excluding hydrogens is 152 g/mol. The number of hydrogen-bond acceptors (Lipinski definition) is 3. The number of nitrogens with two attached hydrogens (primary N) is 1. The lowest BCUT2D eigenvalue weighted by Crippen LogP contribution is -2.23. The summed E-state index contributed by atoms with van der Waals surface area (Å²) >= 11 is 0.